The van der Waals surface area contributed by atoms with Gasteiger partial charge in [-0.15, -0.1) is 10.2 Å². The number of hydrogen-bond donors (Lipinski definition) is 0. The van der Waals surface area contributed by atoms with Crippen molar-refractivity contribution in [3.63, 3.8) is 0 Å². The zero-order chi connectivity index (χ0) is 18.6. The molecule has 0 unspecified atom stereocenters. The van der Waals surface area contributed by atoms with Gasteiger partial charge in [-0.1, -0.05) is 30.0 Å². The Morgan fingerprint density at radius 3 is 2.74 bits per heavy atom. The van der Waals surface area contributed by atoms with Crippen molar-refractivity contribution in [3.8, 4) is 11.5 Å². The first-order chi connectivity index (χ1) is 13.3. The fraction of sp³-hybridized carbons (Fsp3) is 0.158. The molecule has 0 saturated heterocycles. The smallest absolute Gasteiger partial charge is 0.374 e. The van der Waals surface area contributed by atoms with Gasteiger partial charge in [-0.25, -0.2) is 4.79 Å². The minimum atomic E-state index is -0.479. The number of aromatic nitrogens is 3. The van der Waals surface area contributed by atoms with Crippen LogP contribution >= 0.6 is 11.8 Å². The second-order valence-corrected chi connectivity index (χ2v) is 6.45. The Labute approximate surface area is 158 Å². The topological polar surface area (TPSA) is 91.2 Å². The van der Waals surface area contributed by atoms with E-state index in [1.807, 2.05) is 24.3 Å². The van der Waals surface area contributed by atoms with Crippen LogP contribution in [0.2, 0.25) is 0 Å². The molecular formula is C19H15N3O4S. The van der Waals surface area contributed by atoms with E-state index in [1.54, 1.807) is 31.5 Å². The van der Waals surface area contributed by atoms with Gasteiger partial charge in [0, 0.05) is 34.7 Å². The normalized spacial score (nSPS) is 11.0. The molecule has 136 valence electrons. The molecule has 4 rings (SSSR count). The number of hydrogen-bond acceptors (Lipinski definition) is 8. The van der Waals surface area contributed by atoms with Crippen LogP contribution in [0.3, 0.4) is 0 Å². The number of thioether (sulfide) groups is 1. The third-order valence-corrected chi connectivity index (χ3v) is 4.68. The molecule has 0 fully saturated rings. The average molecular weight is 381 g/mol. The summed E-state index contributed by atoms with van der Waals surface area (Å²) in [5, 5.41) is 9.38. The van der Waals surface area contributed by atoms with E-state index in [0.717, 1.165) is 16.5 Å². The Bertz CT molecular complexity index is 1070. The highest BCUT2D eigenvalue weighted by Gasteiger charge is 2.22. The third kappa shape index (κ3) is 3.56. The number of carbonyl (C=O) groups is 1. The quantitative estimate of drug-likeness (QED) is 0.360. The van der Waals surface area contributed by atoms with Gasteiger partial charge in [-0.2, -0.15) is 0 Å². The van der Waals surface area contributed by atoms with Crippen LogP contribution in [0.25, 0.3) is 22.4 Å². The lowest BCUT2D eigenvalue weighted by Crippen LogP contribution is -2.05. The number of benzene rings is 1. The number of nitrogens with zero attached hydrogens (tertiary/aromatic N) is 3. The first-order valence-electron chi connectivity index (χ1n) is 8.30. The first kappa shape index (κ1) is 17.3. The number of furan rings is 1. The van der Waals surface area contributed by atoms with Crippen LogP contribution in [0.4, 0.5) is 0 Å². The molecule has 27 heavy (non-hydrogen) atoms. The SMILES string of the molecule is CCOC(=O)c1oc2ccccc2c1CSc1nnc(-c2ccncc2)o1. The van der Waals surface area contributed by atoms with Gasteiger partial charge in [0.05, 0.1) is 6.61 Å². The van der Waals surface area contributed by atoms with E-state index in [-0.39, 0.29) is 12.4 Å². The lowest BCUT2D eigenvalue weighted by molar-refractivity contribution is 0.0491. The van der Waals surface area contributed by atoms with Crippen LogP contribution in [0, 0.1) is 0 Å². The van der Waals surface area contributed by atoms with Gasteiger partial charge < -0.3 is 13.6 Å². The van der Waals surface area contributed by atoms with Gasteiger partial charge in [0.1, 0.15) is 5.58 Å². The summed E-state index contributed by atoms with van der Waals surface area (Å²) in [6, 6.07) is 11.1. The molecule has 0 atom stereocenters. The fourth-order valence-electron chi connectivity index (χ4n) is 2.62. The van der Waals surface area contributed by atoms with Gasteiger partial charge in [0.15, 0.2) is 0 Å². The summed E-state index contributed by atoms with van der Waals surface area (Å²) >= 11 is 1.33. The van der Waals surface area contributed by atoms with E-state index < -0.39 is 5.97 Å². The number of fused-ring (bicyclic) bond motifs is 1. The van der Waals surface area contributed by atoms with Crippen molar-refractivity contribution in [2.45, 2.75) is 17.9 Å². The maximum Gasteiger partial charge on any atom is 0.374 e. The summed E-state index contributed by atoms with van der Waals surface area (Å²) in [5.41, 5.74) is 2.18. The third-order valence-electron chi connectivity index (χ3n) is 3.83. The van der Waals surface area contributed by atoms with Crippen LogP contribution in [-0.4, -0.2) is 27.8 Å². The van der Waals surface area contributed by atoms with Gasteiger partial charge in [0.2, 0.25) is 11.7 Å². The van der Waals surface area contributed by atoms with Gasteiger partial charge in [-0.3, -0.25) is 4.98 Å². The number of para-hydroxylation sites is 1. The minimum Gasteiger partial charge on any atom is -0.460 e. The molecule has 0 radical (unpaired) electrons. The molecule has 4 aromatic rings. The molecule has 0 aliphatic carbocycles. The van der Waals surface area contributed by atoms with Crippen molar-refractivity contribution in [3.05, 3.63) is 60.1 Å². The molecule has 0 saturated carbocycles. The van der Waals surface area contributed by atoms with Crippen molar-refractivity contribution in [1.82, 2.24) is 15.2 Å². The van der Waals surface area contributed by atoms with Crippen LogP contribution in [0.15, 0.2) is 62.8 Å². The number of esters is 1. The molecule has 0 bridgehead atoms. The Morgan fingerprint density at radius 2 is 1.93 bits per heavy atom. The Morgan fingerprint density at radius 1 is 1.11 bits per heavy atom. The van der Waals surface area contributed by atoms with E-state index in [9.17, 15) is 4.79 Å². The first-order valence-corrected chi connectivity index (χ1v) is 9.29. The van der Waals surface area contributed by atoms with Crippen molar-refractivity contribution < 1.29 is 18.4 Å². The Hall–Kier alpha value is -3.13. The zero-order valence-electron chi connectivity index (χ0n) is 14.4. The van der Waals surface area contributed by atoms with E-state index >= 15 is 0 Å². The molecule has 1 aromatic carbocycles. The van der Waals surface area contributed by atoms with E-state index in [2.05, 4.69) is 15.2 Å². The largest absolute Gasteiger partial charge is 0.460 e. The molecule has 3 heterocycles. The summed E-state index contributed by atoms with van der Waals surface area (Å²) in [6.07, 6.45) is 3.32. The maximum absolute atomic E-state index is 12.3. The summed E-state index contributed by atoms with van der Waals surface area (Å²) in [7, 11) is 0. The van der Waals surface area contributed by atoms with E-state index in [1.165, 1.54) is 11.8 Å². The molecule has 3 aromatic heterocycles. The summed E-state index contributed by atoms with van der Waals surface area (Å²) in [6.45, 7) is 2.04. The van der Waals surface area contributed by atoms with Crippen molar-refractivity contribution in [1.29, 1.82) is 0 Å². The molecular weight excluding hydrogens is 366 g/mol. The molecule has 0 aliphatic heterocycles. The number of rotatable bonds is 6. The van der Waals surface area contributed by atoms with Gasteiger partial charge in [-0.05, 0) is 25.1 Å². The molecule has 0 spiro atoms. The van der Waals surface area contributed by atoms with Gasteiger partial charge >= 0.3 is 5.97 Å². The van der Waals surface area contributed by atoms with Crippen molar-refractivity contribution in [2.24, 2.45) is 0 Å². The van der Waals surface area contributed by atoms with E-state index in [4.69, 9.17) is 13.6 Å². The molecule has 0 amide bonds. The monoisotopic (exact) mass is 381 g/mol. The lowest BCUT2D eigenvalue weighted by Gasteiger charge is -2.01. The van der Waals surface area contributed by atoms with Crippen LogP contribution in [0.5, 0.6) is 0 Å². The maximum atomic E-state index is 12.3. The molecule has 0 aliphatic rings. The van der Waals surface area contributed by atoms with Gasteiger partial charge in [0.25, 0.3) is 5.22 Å². The standard InChI is InChI=1S/C19H15N3O4S/c1-2-24-18(23)16-14(13-5-3-4-6-15(13)25-16)11-27-19-22-21-17(26-19)12-7-9-20-10-8-12/h3-10H,2,11H2,1H3. The number of pyridine rings is 1. The summed E-state index contributed by atoms with van der Waals surface area (Å²) in [5.74, 6) is 0.581. The second-order valence-electron chi connectivity index (χ2n) is 5.52. The Balaban J connectivity index is 1.59. The van der Waals surface area contributed by atoms with Crippen LogP contribution in [0.1, 0.15) is 23.0 Å². The van der Waals surface area contributed by atoms with Crippen LogP contribution < -0.4 is 0 Å². The number of carbonyl (C=O) groups excluding carboxylic acids is 1. The average Bonchev–Trinajstić information content (AvgIpc) is 3.32. The lowest BCUT2D eigenvalue weighted by atomic mass is 10.1. The number of ether oxygens (including phenoxy) is 1. The summed E-state index contributed by atoms with van der Waals surface area (Å²) in [4.78, 5) is 16.2. The predicted octanol–water partition coefficient (Wildman–Crippen LogP) is 4.35. The second kappa shape index (κ2) is 7.63. The fourth-order valence-corrected chi connectivity index (χ4v) is 3.41. The molecule has 7 nitrogen and oxygen atoms in total. The Kier molecular flexibility index (Phi) is 4.88. The highest BCUT2D eigenvalue weighted by molar-refractivity contribution is 7.98. The van der Waals surface area contributed by atoms with Crippen LogP contribution in [-0.2, 0) is 10.5 Å². The summed E-state index contributed by atoms with van der Waals surface area (Å²) < 4.78 is 16.5. The highest BCUT2D eigenvalue weighted by Crippen LogP contribution is 2.32. The van der Waals surface area contributed by atoms with Crippen molar-refractivity contribution in [2.75, 3.05) is 6.61 Å². The minimum absolute atomic E-state index is 0.208. The predicted molar refractivity (Wildman–Crippen MR) is 99.3 cm³/mol. The molecule has 0 N–H and O–H groups in total. The molecule has 8 heteroatoms. The van der Waals surface area contributed by atoms with E-state index in [0.29, 0.717) is 22.4 Å². The van der Waals surface area contributed by atoms with Crippen molar-refractivity contribution >= 4 is 28.7 Å². The highest BCUT2D eigenvalue weighted by atomic mass is 32.2. The zero-order valence-corrected chi connectivity index (χ0v) is 15.2.